The predicted molar refractivity (Wildman–Crippen MR) is 124 cm³/mol. The molecule has 168 valence electrons. The standard InChI is InChI=1S/C24H29N5O3/c1-17-5-3-8-21(18(17)2)26-22(30)16-27-11-13-28(14-12-27)23(31)19-6-4-7-20(15-19)29-10-9-25-24(29)32/h3-8,15H,9-14,16H2,1-2H3,(H,25,32)(H,26,30). The number of hydrogen-bond acceptors (Lipinski definition) is 4. The van der Waals surface area contributed by atoms with Crippen molar-refractivity contribution in [2.24, 2.45) is 0 Å². The Kier molecular flexibility index (Phi) is 6.41. The predicted octanol–water partition coefficient (Wildman–Crippen LogP) is 2.23. The van der Waals surface area contributed by atoms with E-state index in [1.807, 2.05) is 49.1 Å². The van der Waals surface area contributed by atoms with E-state index in [4.69, 9.17) is 0 Å². The van der Waals surface area contributed by atoms with Gasteiger partial charge < -0.3 is 15.5 Å². The molecule has 8 heteroatoms. The van der Waals surface area contributed by atoms with Crippen molar-refractivity contribution >= 4 is 29.2 Å². The molecule has 0 radical (unpaired) electrons. The van der Waals surface area contributed by atoms with Crippen LogP contribution in [0.4, 0.5) is 16.2 Å². The monoisotopic (exact) mass is 435 g/mol. The van der Waals surface area contributed by atoms with Crippen molar-refractivity contribution in [3.63, 3.8) is 0 Å². The van der Waals surface area contributed by atoms with Crippen molar-refractivity contribution in [3.05, 3.63) is 59.2 Å². The maximum absolute atomic E-state index is 13.0. The Hall–Kier alpha value is -3.39. The molecule has 0 saturated carbocycles. The minimum absolute atomic E-state index is 0.0462. The van der Waals surface area contributed by atoms with Crippen molar-refractivity contribution in [2.75, 3.05) is 56.0 Å². The maximum Gasteiger partial charge on any atom is 0.321 e. The summed E-state index contributed by atoms with van der Waals surface area (Å²) in [5.41, 5.74) is 4.36. The number of nitrogens with one attached hydrogen (secondary N) is 2. The van der Waals surface area contributed by atoms with E-state index in [1.54, 1.807) is 17.0 Å². The lowest BCUT2D eigenvalue weighted by atomic mass is 10.1. The minimum Gasteiger partial charge on any atom is -0.336 e. The molecule has 2 aliphatic rings. The molecule has 2 fully saturated rings. The summed E-state index contributed by atoms with van der Waals surface area (Å²) < 4.78 is 0. The Morgan fingerprint density at radius 3 is 2.47 bits per heavy atom. The number of anilines is 2. The van der Waals surface area contributed by atoms with Crippen LogP contribution in [0, 0.1) is 13.8 Å². The van der Waals surface area contributed by atoms with Crippen LogP contribution in [0.3, 0.4) is 0 Å². The molecule has 4 rings (SSSR count). The number of carbonyl (C=O) groups is 3. The van der Waals surface area contributed by atoms with Gasteiger partial charge in [0.1, 0.15) is 0 Å². The van der Waals surface area contributed by atoms with Crippen LogP contribution in [0.1, 0.15) is 21.5 Å². The van der Waals surface area contributed by atoms with Gasteiger partial charge in [0.2, 0.25) is 5.91 Å². The highest BCUT2D eigenvalue weighted by Crippen LogP contribution is 2.20. The fourth-order valence-corrected chi connectivity index (χ4v) is 4.10. The molecule has 0 bridgehead atoms. The molecule has 2 aliphatic heterocycles. The van der Waals surface area contributed by atoms with Gasteiger partial charge in [-0.25, -0.2) is 4.79 Å². The molecular formula is C24H29N5O3. The number of urea groups is 1. The van der Waals surface area contributed by atoms with Crippen LogP contribution < -0.4 is 15.5 Å². The maximum atomic E-state index is 13.0. The van der Waals surface area contributed by atoms with E-state index >= 15 is 0 Å². The van der Waals surface area contributed by atoms with E-state index in [-0.39, 0.29) is 17.8 Å². The topological polar surface area (TPSA) is 85.0 Å². The van der Waals surface area contributed by atoms with E-state index in [9.17, 15) is 14.4 Å². The molecule has 0 aliphatic carbocycles. The van der Waals surface area contributed by atoms with Crippen molar-refractivity contribution in [1.82, 2.24) is 15.1 Å². The average Bonchev–Trinajstić information content (AvgIpc) is 3.23. The van der Waals surface area contributed by atoms with Crippen molar-refractivity contribution in [1.29, 1.82) is 0 Å². The van der Waals surface area contributed by atoms with Gasteiger partial charge in [-0.15, -0.1) is 0 Å². The fourth-order valence-electron chi connectivity index (χ4n) is 4.10. The zero-order valence-electron chi connectivity index (χ0n) is 18.6. The summed E-state index contributed by atoms with van der Waals surface area (Å²) in [6.07, 6.45) is 0. The highest BCUT2D eigenvalue weighted by atomic mass is 16.2. The normalized spacial score (nSPS) is 16.8. The molecule has 0 aromatic heterocycles. The molecule has 0 unspecified atom stereocenters. The summed E-state index contributed by atoms with van der Waals surface area (Å²) in [6.45, 7) is 7.93. The molecule has 2 N–H and O–H groups in total. The lowest BCUT2D eigenvalue weighted by Gasteiger charge is -2.34. The Labute approximate surface area is 188 Å². The molecule has 2 aromatic carbocycles. The Balaban J connectivity index is 1.31. The van der Waals surface area contributed by atoms with Gasteiger partial charge in [0.15, 0.2) is 0 Å². The SMILES string of the molecule is Cc1cccc(NC(=O)CN2CCN(C(=O)c3cccc(N4CCNC4=O)c3)CC2)c1C. The number of nitrogens with zero attached hydrogens (tertiary/aromatic N) is 3. The molecular weight excluding hydrogens is 406 g/mol. The van der Waals surface area contributed by atoms with Crippen LogP contribution >= 0.6 is 0 Å². The summed E-state index contributed by atoms with van der Waals surface area (Å²) in [4.78, 5) is 42.9. The lowest BCUT2D eigenvalue weighted by molar-refractivity contribution is -0.117. The van der Waals surface area contributed by atoms with E-state index in [1.165, 1.54) is 0 Å². The van der Waals surface area contributed by atoms with Crippen LogP contribution in [-0.4, -0.2) is 73.5 Å². The van der Waals surface area contributed by atoms with Gasteiger partial charge in [-0.05, 0) is 49.2 Å². The van der Waals surface area contributed by atoms with Gasteiger partial charge in [0.25, 0.3) is 5.91 Å². The minimum atomic E-state index is -0.137. The lowest BCUT2D eigenvalue weighted by Crippen LogP contribution is -2.50. The quantitative estimate of drug-likeness (QED) is 0.754. The van der Waals surface area contributed by atoms with E-state index in [0.717, 1.165) is 22.5 Å². The summed E-state index contributed by atoms with van der Waals surface area (Å²) in [6, 6.07) is 12.9. The summed E-state index contributed by atoms with van der Waals surface area (Å²) in [5, 5.41) is 5.77. The van der Waals surface area contributed by atoms with Crippen LogP contribution in [0.5, 0.6) is 0 Å². The third kappa shape index (κ3) is 4.75. The van der Waals surface area contributed by atoms with Gasteiger partial charge in [-0.1, -0.05) is 18.2 Å². The van der Waals surface area contributed by atoms with Crippen molar-refractivity contribution < 1.29 is 14.4 Å². The smallest absolute Gasteiger partial charge is 0.321 e. The Morgan fingerprint density at radius 1 is 1.00 bits per heavy atom. The zero-order chi connectivity index (χ0) is 22.7. The first kappa shape index (κ1) is 21.8. The number of hydrogen-bond donors (Lipinski definition) is 2. The number of carbonyl (C=O) groups excluding carboxylic acids is 3. The van der Waals surface area contributed by atoms with Crippen LogP contribution in [0.2, 0.25) is 0 Å². The van der Waals surface area contributed by atoms with Gasteiger partial charge >= 0.3 is 6.03 Å². The number of aryl methyl sites for hydroxylation is 1. The first-order chi connectivity index (χ1) is 15.4. The first-order valence-corrected chi connectivity index (χ1v) is 11.0. The molecule has 0 spiro atoms. The van der Waals surface area contributed by atoms with E-state index < -0.39 is 0 Å². The molecule has 8 nitrogen and oxygen atoms in total. The van der Waals surface area contributed by atoms with Gasteiger partial charge in [-0.3, -0.25) is 19.4 Å². The summed E-state index contributed by atoms with van der Waals surface area (Å²) in [7, 11) is 0. The second kappa shape index (κ2) is 9.40. The molecule has 0 atom stereocenters. The van der Waals surface area contributed by atoms with Crippen LogP contribution in [0.25, 0.3) is 0 Å². The van der Waals surface area contributed by atoms with Crippen molar-refractivity contribution in [2.45, 2.75) is 13.8 Å². The number of benzene rings is 2. The number of piperazine rings is 1. The van der Waals surface area contributed by atoms with Crippen LogP contribution in [-0.2, 0) is 4.79 Å². The van der Waals surface area contributed by atoms with Gasteiger partial charge in [0, 0.05) is 56.2 Å². The van der Waals surface area contributed by atoms with E-state index in [0.29, 0.717) is 51.4 Å². The number of rotatable bonds is 5. The highest BCUT2D eigenvalue weighted by Gasteiger charge is 2.25. The zero-order valence-corrected chi connectivity index (χ0v) is 18.6. The molecule has 2 heterocycles. The third-order valence-corrected chi connectivity index (χ3v) is 6.17. The first-order valence-electron chi connectivity index (χ1n) is 11.0. The Morgan fingerprint density at radius 2 is 1.75 bits per heavy atom. The third-order valence-electron chi connectivity index (χ3n) is 6.17. The van der Waals surface area contributed by atoms with Gasteiger partial charge in [-0.2, -0.15) is 0 Å². The average molecular weight is 436 g/mol. The van der Waals surface area contributed by atoms with Gasteiger partial charge in [0.05, 0.1) is 6.54 Å². The fraction of sp³-hybridized carbons (Fsp3) is 0.375. The Bertz CT molecular complexity index is 1030. The van der Waals surface area contributed by atoms with E-state index in [2.05, 4.69) is 15.5 Å². The highest BCUT2D eigenvalue weighted by molar-refractivity contribution is 5.98. The van der Waals surface area contributed by atoms with Crippen LogP contribution in [0.15, 0.2) is 42.5 Å². The largest absolute Gasteiger partial charge is 0.336 e. The molecule has 32 heavy (non-hydrogen) atoms. The summed E-state index contributed by atoms with van der Waals surface area (Å²) in [5.74, 6) is -0.0963. The molecule has 2 aromatic rings. The molecule has 2 saturated heterocycles. The molecule has 4 amide bonds. The summed E-state index contributed by atoms with van der Waals surface area (Å²) >= 11 is 0. The second-order valence-corrected chi connectivity index (χ2v) is 8.30. The second-order valence-electron chi connectivity index (χ2n) is 8.30. The van der Waals surface area contributed by atoms with Crippen molar-refractivity contribution in [3.8, 4) is 0 Å². The number of amides is 4.